The van der Waals surface area contributed by atoms with Gasteiger partial charge in [-0.15, -0.1) is 24.8 Å². The first-order valence-corrected chi connectivity index (χ1v) is 9.25. The smallest absolute Gasteiger partial charge is 0.234 e. The number of halogens is 2. The van der Waals surface area contributed by atoms with Crippen LogP contribution in [0, 0.1) is 5.92 Å². The van der Waals surface area contributed by atoms with E-state index < -0.39 is 0 Å². The summed E-state index contributed by atoms with van der Waals surface area (Å²) in [5, 5.41) is 6.51. The van der Waals surface area contributed by atoms with Gasteiger partial charge in [0.05, 0.1) is 6.54 Å². The van der Waals surface area contributed by atoms with Crippen LogP contribution in [0.1, 0.15) is 18.4 Å². The Hall–Kier alpha value is -0.850. The summed E-state index contributed by atoms with van der Waals surface area (Å²) in [5.74, 6) is 0.780. The predicted molar refractivity (Wildman–Crippen MR) is 111 cm³/mol. The first kappa shape index (κ1) is 23.2. The molecule has 0 saturated carbocycles. The quantitative estimate of drug-likeness (QED) is 0.760. The molecular formula is C19H32Cl2N4O. The zero-order chi connectivity index (χ0) is 16.6. The molecule has 1 atom stereocenters. The van der Waals surface area contributed by atoms with Crippen molar-refractivity contribution in [2.45, 2.75) is 19.4 Å². The number of nitrogens with zero attached hydrogens (tertiary/aromatic N) is 2. The Labute approximate surface area is 169 Å². The van der Waals surface area contributed by atoms with Gasteiger partial charge >= 0.3 is 0 Å². The van der Waals surface area contributed by atoms with Crippen LogP contribution in [0.15, 0.2) is 30.3 Å². The molecule has 0 spiro atoms. The van der Waals surface area contributed by atoms with Crippen molar-refractivity contribution in [3.05, 3.63) is 35.9 Å². The maximum Gasteiger partial charge on any atom is 0.234 e. The number of carbonyl (C=O) groups is 1. The molecule has 1 amide bonds. The van der Waals surface area contributed by atoms with E-state index in [1.54, 1.807) is 0 Å². The molecule has 2 saturated heterocycles. The van der Waals surface area contributed by atoms with E-state index in [1.165, 1.54) is 18.4 Å². The number of hydrogen-bond acceptors (Lipinski definition) is 4. The zero-order valence-electron chi connectivity index (χ0n) is 15.4. The third kappa shape index (κ3) is 7.80. The largest absolute Gasteiger partial charge is 0.355 e. The van der Waals surface area contributed by atoms with E-state index in [9.17, 15) is 4.79 Å². The first-order chi connectivity index (χ1) is 11.8. The summed E-state index contributed by atoms with van der Waals surface area (Å²) in [6, 6.07) is 10.6. The maximum absolute atomic E-state index is 12.1. The number of nitrogens with one attached hydrogen (secondary N) is 2. The van der Waals surface area contributed by atoms with Gasteiger partial charge in [-0.1, -0.05) is 30.3 Å². The van der Waals surface area contributed by atoms with Gasteiger partial charge in [-0.25, -0.2) is 0 Å². The standard InChI is InChI=1S/C19H30N4O.2ClH/c24-19(21-14-18-7-4-8-20-13-18)16-23-11-9-22(10-12-23)15-17-5-2-1-3-6-17;;/h1-3,5-6,18,20H,4,7-16H2,(H,21,24);2*1H. The van der Waals surface area contributed by atoms with Crippen LogP contribution in [0.25, 0.3) is 0 Å². The number of amides is 1. The second kappa shape index (κ2) is 12.5. The molecule has 1 unspecified atom stereocenters. The summed E-state index contributed by atoms with van der Waals surface area (Å²) in [6.07, 6.45) is 2.45. The number of carbonyl (C=O) groups excluding carboxylic acids is 1. The monoisotopic (exact) mass is 402 g/mol. The third-order valence-electron chi connectivity index (χ3n) is 5.07. The van der Waals surface area contributed by atoms with Crippen molar-refractivity contribution in [3.8, 4) is 0 Å². The Kier molecular flexibility index (Phi) is 11.2. The molecule has 26 heavy (non-hydrogen) atoms. The van der Waals surface area contributed by atoms with Crippen LogP contribution < -0.4 is 10.6 Å². The van der Waals surface area contributed by atoms with E-state index in [0.717, 1.165) is 52.4 Å². The fraction of sp³-hybridized carbons (Fsp3) is 0.632. The molecule has 3 rings (SSSR count). The van der Waals surface area contributed by atoms with Crippen molar-refractivity contribution in [3.63, 3.8) is 0 Å². The molecule has 0 bridgehead atoms. The lowest BCUT2D eigenvalue weighted by atomic mass is 10.00. The molecule has 0 radical (unpaired) electrons. The van der Waals surface area contributed by atoms with Crippen molar-refractivity contribution in [1.82, 2.24) is 20.4 Å². The molecule has 2 aliphatic rings. The second-order valence-corrected chi connectivity index (χ2v) is 7.05. The summed E-state index contributed by atoms with van der Waals surface area (Å²) >= 11 is 0. The summed E-state index contributed by atoms with van der Waals surface area (Å²) in [6.45, 7) is 8.56. The Bertz CT molecular complexity index is 504. The zero-order valence-corrected chi connectivity index (χ0v) is 17.0. The van der Waals surface area contributed by atoms with Gasteiger partial charge in [0.2, 0.25) is 5.91 Å². The summed E-state index contributed by atoms with van der Waals surface area (Å²) < 4.78 is 0. The molecule has 1 aromatic rings. The number of piperidine rings is 1. The second-order valence-electron chi connectivity index (χ2n) is 7.05. The summed E-state index contributed by atoms with van der Waals surface area (Å²) in [7, 11) is 0. The normalized spacial score (nSPS) is 21.3. The number of benzene rings is 1. The van der Waals surface area contributed by atoms with E-state index in [2.05, 4.69) is 50.8 Å². The van der Waals surface area contributed by atoms with Crippen LogP contribution in [0.4, 0.5) is 0 Å². The van der Waals surface area contributed by atoms with E-state index in [-0.39, 0.29) is 30.7 Å². The van der Waals surface area contributed by atoms with Crippen LogP contribution >= 0.6 is 24.8 Å². The average Bonchev–Trinajstić information content (AvgIpc) is 2.63. The van der Waals surface area contributed by atoms with E-state index in [0.29, 0.717) is 12.5 Å². The molecule has 5 nitrogen and oxygen atoms in total. The lowest BCUT2D eigenvalue weighted by Gasteiger charge is -2.34. The Morgan fingerprint density at radius 3 is 2.42 bits per heavy atom. The van der Waals surface area contributed by atoms with Gasteiger partial charge in [-0.2, -0.15) is 0 Å². The highest BCUT2D eigenvalue weighted by Gasteiger charge is 2.20. The number of rotatable bonds is 6. The van der Waals surface area contributed by atoms with Gasteiger partial charge in [0, 0.05) is 39.3 Å². The molecule has 1 aromatic carbocycles. The van der Waals surface area contributed by atoms with Crippen molar-refractivity contribution >= 4 is 30.7 Å². The lowest BCUT2D eigenvalue weighted by Crippen LogP contribution is -2.49. The van der Waals surface area contributed by atoms with Crippen molar-refractivity contribution < 1.29 is 4.79 Å². The molecule has 2 N–H and O–H groups in total. The maximum atomic E-state index is 12.1. The molecule has 0 aromatic heterocycles. The fourth-order valence-electron chi connectivity index (χ4n) is 3.56. The van der Waals surface area contributed by atoms with Gasteiger partial charge in [-0.05, 0) is 37.4 Å². The fourth-order valence-corrected chi connectivity index (χ4v) is 3.56. The minimum absolute atomic E-state index is 0. The van der Waals surface area contributed by atoms with Crippen LogP contribution in [0.3, 0.4) is 0 Å². The molecular weight excluding hydrogens is 371 g/mol. The highest BCUT2D eigenvalue weighted by molar-refractivity contribution is 5.85. The van der Waals surface area contributed by atoms with Crippen molar-refractivity contribution in [1.29, 1.82) is 0 Å². The van der Waals surface area contributed by atoms with Gasteiger partial charge in [0.1, 0.15) is 0 Å². The number of hydrogen-bond donors (Lipinski definition) is 2. The van der Waals surface area contributed by atoms with Crippen molar-refractivity contribution in [2.75, 3.05) is 52.4 Å². The minimum atomic E-state index is 0. The van der Waals surface area contributed by atoms with Gasteiger partial charge in [0.25, 0.3) is 0 Å². The van der Waals surface area contributed by atoms with E-state index in [1.807, 2.05) is 0 Å². The third-order valence-corrected chi connectivity index (χ3v) is 5.07. The molecule has 148 valence electrons. The predicted octanol–water partition coefficient (Wildman–Crippen LogP) is 1.76. The van der Waals surface area contributed by atoms with Crippen LogP contribution in [0.5, 0.6) is 0 Å². The van der Waals surface area contributed by atoms with E-state index in [4.69, 9.17) is 0 Å². The van der Waals surface area contributed by atoms with E-state index >= 15 is 0 Å². The van der Waals surface area contributed by atoms with Crippen LogP contribution in [-0.2, 0) is 11.3 Å². The summed E-state index contributed by atoms with van der Waals surface area (Å²) in [5.41, 5.74) is 1.37. The van der Waals surface area contributed by atoms with Gasteiger partial charge < -0.3 is 10.6 Å². The molecule has 2 aliphatic heterocycles. The summed E-state index contributed by atoms with van der Waals surface area (Å²) in [4.78, 5) is 16.9. The minimum Gasteiger partial charge on any atom is -0.355 e. The molecule has 0 aliphatic carbocycles. The van der Waals surface area contributed by atoms with Gasteiger partial charge in [-0.3, -0.25) is 14.6 Å². The Morgan fingerprint density at radius 1 is 1.08 bits per heavy atom. The molecule has 7 heteroatoms. The SMILES string of the molecule is Cl.Cl.O=C(CN1CCN(Cc2ccccc2)CC1)NCC1CCCNC1. The Balaban J connectivity index is 0.00000169. The lowest BCUT2D eigenvalue weighted by molar-refractivity contribution is -0.122. The highest BCUT2D eigenvalue weighted by atomic mass is 35.5. The highest BCUT2D eigenvalue weighted by Crippen LogP contribution is 2.09. The van der Waals surface area contributed by atoms with Gasteiger partial charge in [0.15, 0.2) is 0 Å². The molecule has 2 heterocycles. The molecule has 2 fully saturated rings. The van der Waals surface area contributed by atoms with Crippen LogP contribution in [0.2, 0.25) is 0 Å². The van der Waals surface area contributed by atoms with Crippen molar-refractivity contribution in [2.24, 2.45) is 5.92 Å². The van der Waals surface area contributed by atoms with Crippen LogP contribution in [-0.4, -0.2) is 68.1 Å². The first-order valence-electron chi connectivity index (χ1n) is 9.25. The topological polar surface area (TPSA) is 47.6 Å². The number of piperazine rings is 1. The average molecular weight is 403 g/mol. The Morgan fingerprint density at radius 2 is 1.77 bits per heavy atom.